The predicted molar refractivity (Wildman–Crippen MR) is 97.4 cm³/mol. The van der Waals surface area contributed by atoms with E-state index in [2.05, 4.69) is 15.2 Å². The van der Waals surface area contributed by atoms with Crippen LogP contribution in [-0.2, 0) is 9.53 Å². The molecule has 4 rings (SSSR count). The summed E-state index contributed by atoms with van der Waals surface area (Å²) in [6.45, 7) is 6.30. The van der Waals surface area contributed by atoms with Gasteiger partial charge in [-0.25, -0.2) is 4.98 Å². The highest BCUT2D eigenvalue weighted by Crippen LogP contribution is 2.27. The Kier molecular flexibility index (Phi) is 4.95. The molecule has 3 atom stereocenters. The van der Waals surface area contributed by atoms with Gasteiger partial charge in [-0.3, -0.25) is 14.6 Å². The lowest BCUT2D eigenvalue weighted by Crippen LogP contribution is -2.54. The summed E-state index contributed by atoms with van der Waals surface area (Å²) in [5.74, 6) is 0.876. The first-order chi connectivity index (χ1) is 12.6. The van der Waals surface area contributed by atoms with Crippen molar-refractivity contribution in [3.8, 4) is 0 Å². The van der Waals surface area contributed by atoms with Gasteiger partial charge in [0.25, 0.3) is 5.56 Å². The zero-order valence-electron chi connectivity index (χ0n) is 15.2. The van der Waals surface area contributed by atoms with Crippen molar-refractivity contribution in [2.45, 2.75) is 44.2 Å². The average molecular weight is 361 g/mol. The fraction of sp³-hybridized carbons (Fsp3) is 0.722. The fourth-order valence-corrected chi connectivity index (χ4v) is 4.02. The van der Waals surface area contributed by atoms with E-state index in [1.54, 1.807) is 6.07 Å². The number of hydrogen-bond donors (Lipinski definition) is 2. The Bertz CT molecular complexity index is 707. The molecule has 0 bridgehead atoms. The summed E-state index contributed by atoms with van der Waals surface area (Å²) in [5, 5.41) is 3.26. The van der Waals surface area contributed by atoms with Gasteiger partial charge >= 0.3 is 0 Å². The number of likely N-dealkylation sites (tertiary alicyclic amines) is 1. The quantitative estimate of drug-likeness (QED) is 0.791. The maximum absolute atomic E-state index is 12.7. The first-order valence-corrected chi connectivity index (χ1v) is 9.60. The Hall–Kier alpha value is -1.93. The van der Waals surface area contributed by atoms with Gasteiger partial charge in [0.05, 0.1) is 18.4 Å². The number of morpholine rings is 1. The average Bonchev–Trinajstić information content (AvgIpc) is 3.33. The molecular weight excluding hydrogens is 334 g/mol. The number of ether oxygens (including phenoxy) is 1. The number of H-pyrrole nitrogens is 1. The second-order valence-electron chi connectivity index (χ2n) is 7.56. The smallest absolute Gasteiger partial charge is 0.252 e. The molecule has 0 radical (unpaired) electrons. The Balaban J connectivity index is 1.43. The van der Waals surface area contributed by atoms with Crippen molar-refractivity contribution in [3.05, 3.63) is 22.1 Å². The van der Waals surface area contributed by atoms with Crippen molar-refractivity contribution < 1.29 is 9.53 Å². The minimum absolute atomic E-state index is 0.0870. The summed E-state index contributed by atoms with van der Waals surface area (Å²) in [6, 6.07) is 1.32. The first kappa shape index (κ1) is 17.5. The standard InChI is InChI=1S/C18H27N5O3/c1-12-9-19-15(11-26-12)17(25)23-7-4-13(10-23)14-8-16(24)21-18(20-14)22-5-2-3-6-22/h8,12-13,15,19H,2-7,9-11H2,1H3,(H,20,21,24)/t12-,13?,15+/m1/s1. The number of aromatic amines is 1. The molecule has 4 heterocycles. The molecule has 2 N–H and O–H groups in total. The molecule has 8 heteroatoms. The topological polar surface area (TPSA) is 90.6 Å². The molecular formula is C18H27N5O3. The summed E-state index contributed by atoms with van der Waals surface area (Å²) in [7, 11) is 0. The first-order valence-electron chi connectivity index (χ1n) is 9.60. The van der Waals surface area contributed by atoms with E-state index in [0.717, 1.165) is 38.0 Å². The molecule has 0 spiro atoms. The molecule has 0 aromatic carbocycles. The lowest BCUT2D eigenvalue weighted by molar-refractivity contribution is -0.136. The van der Waals surface area contributed by atoms with Crippen molar-refractivity contribution in [2.75, 3.05) is 44.2 Å². The van der Waals surface area contributed by atoms with Gasteiger partial charge in [0.2, 0.25) is 11.9 Å². The zero-order valence-corrected chi connectivity index (χ0v) is 15.2. The number of nitrogens with zero attached hydrogens (tertiary/aromatic N) is 3. The summed E-state index contributed by atoms with van der Waals surface area (Å²) in [4.78, 5) is 36.4. The molecule has 3 aliphatic heterocycles. The number of nitrogens with one attached hydrogen (secondary N) is 2. The van der Waals surface area contributed by atoms with Gasteiger partial charge in [0, 0.05) is 44.7 Å². The number of rotatable bonds is 3. The van der Waals surface area contributed by atoms with E-state index in [1.807, 2.05) is 11.8 Å². The van der Waals surface area contributed by atoms with E-state index in [0.29, 0.717) is 32.2 Å². The van der Waals surface area contributed by atoms with Crippen LogP contribution in [0, 0.1) is 0 Å². The van der Waals surface area contributed by atoms with Crippen molar-refractivity contribution in [3.63, 3.8) is 0 Å². The van der Waals surface area contributed by atoms with Crippen molar-refractivity contribution in [1.29, 1.82) is 0 Å². The second kappa shape index (κ2) is 7.36. The third-order valence-corrected chi connectivity index (χ3v) is 5.57. The molecule has 26 heavy (non-hydrogen) atoms. The Morgan fingerprint density at radius 1 is 1.31 bits per heavy atom. The van der Waals surface area contributed by atoms with Crippen molar-refractivity contribution >= 4 is 11.9 Å². The molecule has 1 amide bonds. The van der Waals surface area contributed by atoms with E-state index < -0.39 is 0 Å². The van der Waals surface area contributed by atoms with Crippen LogP contribution in [0.2, 0.25) is 0 Å². The molecule has 8 nitrogen and oxygen atoms in total. The van der Waals surface area contributed by atoms with Gasteiger partial charge in [-0.15, -0.1) is 0 Å². The predicted octanol–water partition coefficient (Wildman–Crippen LogP) is 0.0629. The lowest BCUT2D eigenvalue weighted by Gasteiger charge is -2.30. The molecule has 0 saturated carbocycles. The summed E-state index contributed by atoms with van der Waals surface area (Å²) >= 11 is 0. The fourth-order valence-electron chi connectivity index (χ4n) is 4.02. The molecule has 1 aromatic heterocycles. The largest absolute Gasteiger partial charge is 0.375 e. The van der Waals surface area contributed by atoms with Crippen LogP contribution in [-0.4, -0.2) is 72.3 Å². The van der Waals surface area contributed by atoms with Crippen LogP contribution in [0.4, 0.5) is 5.95 Å². The molecule has 142 valence electrons. The minimum Gasteiger partial charge on any atom is -0.375 e. The van der Waals surface area contributed by atoms with Crippen LogP contribution in [0.3, 0.4) is 0 Å². The van der Waals surface area contributed by atoms with Gasteiger partial charge < -0.3 is 19.9 Å². The van der Waals surface area contributed by atoms with E-state index in [1.165, 1.54) is 0 Å². The van der Waals surface area contributed by atoms with Gasteiger partial charge in [-0.2, -0.15) is 0 Å². The summed E-state index contributed by atoms with van der Waals surface area (Å²) in [6.07, 6.45) is 3.25. The minimum atomic E-state index is -0.266. The summed E-state index contributed by atoms with van der Waals surface area (Å²) in [5.41, 5.74) is 0.686. The number of amides is 1. The normalized spacial score (nSPS) is 29.3. The molecule has 3 fully saturated rings. The maximum Gasteiger partial charge on any atom is 0.252 e. The van der Waals surface area contributed by atoms with Crippen LogP contribution in [0.25, 0.3) is 0 Å². The SMILES string of the molecule is C[C@@H]1CN[C@H](C(=O)N2CCC(c3cc(=O)[nH]c(N4CCCC4)n3)C2)CO1. The lowest BCUT2D eigenvalue weighted by atomic mass is 10.0. The zero-order chi connectivity index (χ0) is 18.1. The van der Waals surface area contributed by atoms with Crippen molar-refractivity contribution in [1.82, 2.24) is 20.2 Å². The van der Waals surface area contributed by atoms with Crippen LogP contribution >= 0.6 is 0 Å². The van der Waals surface area contributed by atoms with Gasteiger partial charge in [0.15, 0.2) is 0 Å². The maximum atomic E-state index is 12.7. The molecule has 0 aliphatic carbocycles. The van der Waals surface area contributed by atoms with Crippen LogP contribution in [0.5, 0.6) is 0 Å². The molecule has 1 aromatic rings. The number of anilines is 1. The highest BCUT2D eigenvalue weighted by atomic mass is 16.5. The third kappa shape index (κ3) is 3.61. The Morgan fingerprint density at radius 3 is 2.85 bits per heavy atom. The Labute approximate surface area is 152 Å². The van der Waals surface area contributed by atoms with Crippen LogP contribution in [0.15, 0.2) is 10.9 Å². The highest BCUT2D eigenvalue weighted by Gasteiger charge is 2.34. The number of hydrogen-bond acceptors (Lipinski definition) is 6. The van der Waals surface area contributed by atoms with Crippen LogP contribution < -0.4 is 15.8 Å². The third-order valence-electron chi connectivity index (χ3n) is 5.57. The molecule has 3 saturated heterocycles. The second-order valence-corrected chi connectivity index (χ2v) is 7.56. The van der Waals surface area contributed by atoms with E-state index in [9.17, 15) is 9.59 Å². The highest BCUT2D eigenvalue weighted by molar-refractivity contribution is 5.82. The number of carbonyl (C=O) groups is 1. The summed E-state index contributed by atoms with van der Waals surface area (Å²) < 4.78 is 5.60. The van der Waals surface area contributed by atoms with Gasteiger partial charge in [-0.1, -0.05) is 0 Å². The number of carbonyl (C=O) groups excluding carboxylic acids is 1. The van der Waals surface area contributed by atoms with Crippen LogP contribution in [0.1, 0.15) is 37.8 Å². The van der Waals surface area contributed by atoms with Gasteiger partial charge in [-0.05, 0) is 26.2 Å². The van der Waals surface area contributed by atoms with Gasteiger partial charge in [0.1, 0.15) is 6.04 Å². The molecule has 1 unspecified atom stereocenters. The Morgan fingerprint density at radius 2 is 2.12 bits per heavy atom. The molecule has 3 aliphatic rings. The van der Waals surface area contributed by atoms with E-state index in [4.69, 9.17) is 9.72 Å². The number of aromatic nitrogens is 2. The van der Waals surface area contributed by atoms with E-state index in [-0.39, 0.29) is 29.5 Å². The van der Waals surface area contributed by atoms with E-state index >= 15 is 0 Å². The van der Waals surface area contributed by atoms with Crippen molar-refractivity contribution in [2.24, 2.45) is 0 Å². The monoisotopic (exact) mass is 361 g/mol.